The van der Waals surface area contributed by atoms with Crippen molar-refractivity contribution < 1.29 is 26.7 Å². The van der Waals surface area contributed by atoms with Crippen LogP contribution in [0.15, 0.2) is 47.4 Å². The molecule has 0 aliphatic heterocycles. The molecule has 0 aliphatic carbocycles. The smallest absolute Gasteiger partial charge is 0.341 e. The van der Waals surface area contributed by atoms with Crippen molar-refractivity contribution in [3.63, 3.8) is 0 Å². The molecule has 1 unspecified atom stereocenters. The van der Waals surface area contributed by atoms with Crippen LogP contribution >= 0.6 is 23.2 Å². The lowest BCUT2D eigenvalue weighted by Gasteiger charge is -2.17. The van der Waals surface area contributed by atoms with Gasteiger partial charge in [0.05, 0.1) is 15.6 Å². The summed E-state index contributed by atoms with van der Waals surface area (Å²) in [7, 11) is -4.87. The number of anilines is 1. The van der Waals surface area contributed by atoms with Crippen molar-refractivity contribution in [1.29, 1.82) is 0 Å². The van der Waals surface area contributed by atoms with Gasteiger partial charge in [-0.05, 0) is 37.3 Å². The maximum Gasteiger partial charge on any atom is 0.341 e. The number of hydrogen-bond donors (Lipinski definition) is 1. The minimum Gasteiger partial charge on any atom is -0.479 e. The van der Waals surface area contributed by atoms with E-state index < -0.39 is 32.5 Å². The second-order valence-electron chi connectivity index (χ2n) is 5.13. The highest BCUT2D eigenvalue weighted by Crippen LogP contribution is 2.29. The van der Waals surface area contributed by atoms with Crippen molar-refractivity contribution in [2.24, 2.45) is 0 Å². The lowest BCUT2D eigenvalue weighted by Crippen LogP contribution is -2.31. The summed E-state index contributed by atoms with van der Waals surface area (Å²) in [5.74, 6) is -4.16. The van der Waals surface area contributed by atoms with Crippen LogP contribution in [0, 0.1) is 0 Å². The minimum absolute atomic E-state index is 0.179. The zero-order chi connectivity index (χ0) is 19.5. The van der Waals surface area contributed by atoms with E-state index in [1.54, 1.807) is 0 Å². The lowest BCUT2D eigenvalue weighted by atomic mass is 10.3. The standard InChI is InChI=1S/C16H13Cl2F2NO4S/c1-9(25-13-7-6-10(17)8-11(13)18)15(22)21-12-4-2-3-5-14(12)26(23,24)16(19)20/h2-9,16H,1H3,(H,21,22). The van der Waals surface area contributed by atoms with Crippen LogP contribution in [0.25, 0.3) is 0 Å². The van der Waals surface area contributed by atoms with Gasteiger partial charge < -0.3 is 10.1 Å². The van der Waals surface area contributed by atoms with Gasteiger partial charge >= 0.3 is 5.76 Å². The highest BCUT2D eigenvalue weighted by atomic mass is 35.5. The molecule has 1 atom stereocenters. The van der Waals surface area contributed by atoms with Crippen molar-refractivity contribution in [3.05, 3.63) is 52.5 Å². The van der Waals surface area contributed by atoms with Crippen LogP contribution in [-0.4, -0.2) is 26.2 Å². The van der Waals surface area contributed by atoms with Crippen LogP contribution in [0.3, 0.4) is 0 Å². The molecule has 0 aliphatic rings. The fourth-order valence-corrected chi connectivity index (χ4v) is 3.30. The van der Waals surface area contributed by atoms with Gasteiger partial charge in [-0.25, -0.2) is 8.42 Å². The first kappa shape index (κ1) is 20.4. The number of benzene rings is 2. The van der Waals surface area contributed by atoms with Gasteiger partial charge in [0.25, 0.3) is 5.91 Å². The van der Waals surface area contributed by atoms with Crippen molar-refractivity contribution in [1.82, 2.24) is 0 Å². The third-order valence-corrected chi connectivity index (χ3v) is 5.22. The summed E-state index contributed by atoms with van der Waals surface area (Å²) in [6.45, 7) is 1.39. The Balaban J connectivity index is 2.20. The summed E-state index contributed by atoms with van der Waals surface area (Å²) in [6, 6.07) is 9.27. The third kappa shape index (κ3) is 4.63. The number of sulfone groups is 1. The second-order valence-corrected chi connectivity index (χ2v) is 7.86. The maximum atomic E-state index is 12.8. The van der Waals surface area contributed by atoms with Gasteiger partial charge in [-0.1, -0.05) is 35.3 Å². The predicted octanol–water partition coefficient (Wildman–Crippen LogP) is 4.40. The summed E-state index contributed by atoms with van der Waals surface area (Å²) in [5.41, 5.74) is -0.268. The molecule has 0 bridgehead atoms. The van der Waals surface area contributed by atoms with E-state index in [-0.39, 0.29) is 16.5 Å². The van der Waals surface area contributed by atoms with Crippen LogP contribution in [0.2, 0.25) is 10.0 Å². The Morgan fingerprint density at radius 1 is 1.15 bits per heavy atom. The molecule has 0 aromatic heterocycles. The van der Waals surface area contributed by atoms with E-state index in [1.165, 1.54) is 43.3 Å². The topological polar surface area (TPSA) is 72.5 Å². The number of halogens is 4. The average Bonchev–Trinajstić information content (AvgIpc) is 2.57. The Bertz CT molecular complexity index is 922. The van der Waals surface area contributed by atoms with E-state index in [2.05, 4.69) is 5.32 Å². The Hall–Kier alpha value is -1.90. The molecule has 2 rings (SSSR count). The van der Waals surface area contributed by atoms with Crippen LogP contribution in [-0.2, 0) is 14.6 Å². The monoisotopic (exact) mass is 423 g/mol. The zero-order valence-corrected chi connectivity index (χ0v) is 15.6. The van der Waals surface area contributed by atoms with Gasteiger partial charge in [0.2, 0.25) is 9.84 Å². The first-order valence-corrected chi connectivity index (χ1v) is 9.47. The largest absolute Gasteiger partial charge is 0.479 e. The number of amides is 1. The second kappa shape index (κ2) is 8.20. The number of hydrogen-bond acceptors (Lipinski definition) is 4. The van der Waals surface area contributed by atoms with Crippen LogP contribution < -0.4 is 10.1 Å². The molecule has 140 valence electrons. The SMILES string of the molecule is CC(Oc1ccc(Cl)cc1Cl)C(=O)Nc1ccccc1S(=O)(=O)C(F)F. The first-order valence-electron chi connectivity index (χ1n) is 7.16. The molecular weight excluding hydrogens is 411 g/mol. The molecule has 0 heterocycles. The Morgan fingerprint density at radius 3 is 2.42 bits per heavy atom. The van der Waals surface area contributed by atoms with Gasteiger partial charge in [-0.3, -0.25) is 4.79 Å². The molecule has 0 saturated carbocycles. The number of carbonyl (C=O) groups excluding carboxylic acids is 1. The number of para-hydroxylation sites is 1. The normalized spacial score (nSPS) is 12.7. The predicted molar refractivity (Wildman–Crippen MR) is 94.8 cm³/mol. The van der Waals surface area contributed by atoms with Gasteiger partial charge in [0.15, 0.2) is 6.10 Å². The zero-order valence-electron chi connectivity index (χ0n) is 13.2. The number of ether oxygens (including phenoxy) is 1. The van der Waals surface area contributed by atoms with Gasteiger partial charge in [-0.15, -0.1) is 0 Å². The molecule has 0 saturated heterocycles. The Morgan fingerprint density at radius 2 is 1.81 bits per heavy atom. The van der Waals surface area contributed by atoms with Crippen molar-refractivity contribution >= 4 is 44.6 Å². The van der Waals surface area contributed by atoms with E-state index in [0.29, 0.717) is 5.02 Å². The lowest BCUT2D eigenvalue weighted by molar-refractivity contribution is -0.122. The number of carbonyl (C=O) groups is 1. The maximum absolute atomic E-state index is 12.8. The summed E-state index contributed by atoms with van der Waals surface area (Å²) in [5, 5.41) is 2.84. The number of rotatable bonds is 6. The molecule has 5 nitrogen and oxygen atoms in total. The van der Waals surface area contributed by atoms with Crippen molar-refractivity contribution in [2.45, 2.75) is 23.7 Å². The molecule has 2 aromatic rings. The fraction of sp³-hybridized carbons (Fsp3) is 0.188. The molecule has 26 heavy (non-hydrogen) atoms. The fourth-order valence-electron chi connectivity index (χ4n) is 1.96. The van der Waals surface area contributed by atoms with Crippen LogP contribution in [0.5, 0.6) is 5.75 Å². The van der Waals surface area contributed by atoms with E-state index >= 15 is 0 Å². The van der Waals surface area contributed by atoms with Crippen LogP contribution in [0.1, 0.15) is 6.92 Å². The Labute approximate surface area is 158 Å². The van der Waals surface area contributed by atoms with E-state index in [9.17, 15) is 22.0 Å². The average molecular weight is 424 g/mol. The van der Waals surface area contributed by atoms with Gasteiger partial charge in [0.1, 0.15) is 5.75 Å². The van der Waals surface area contributed by atoms with E-state index in [0.717, 1.165) is 6.07 Å². The minimum atomic E-state index is -4.87. The molecule has 1 N–H and O–H groups in total. The summed E-state index contributed by atoms with van der Waals surface area (Å²) in [4.78, 5) is 11.6. The van der Waals surface area contributed by atoms with E-state index in [1.807, 2.05) is 0 Å². The molecule has 10 heteroatoms. The van der Waals surface area contributed by atoms with E-state index in [4.69, 9.17) is 27.9 Å². The summed E-state index contributed by atoms with van der Waals surface area (Å²) in [6.07, 6.45) is -1.09. The highest BCUT2D eigenvalue weighted by molar-refractivity contribution is 7.91. The molecule has 0 fully saturated rings. The van der Waals surface area contributed by atoms with Gasteiger partial charge in [-0.2, -0.15) is 8.78 Å². The number of nitrogens with one attached hydrogen (secondary N) is 1. The van der Waals surface area contributed by atoms with Crippen LogP contribution in [0.4, 0.5) is 14.5 Å². The molecule has 0 spiro atoms. The Kier molecular flexibility index (Phi) is 6.44. The molecule has 1 amide bonds. The molecule has 0 radical (unpaired) electrons. The summed E-state index contributed by atoms with van der Waals surface area (Å²) >= 11 is 11.7. The number of alkyl halides is 2. The van der Waals surface area contributed by atoms with Crippen molar-refractivity contribution in [2.75, 3.05) is 5.32 Å². The van der Waals surface area contributed by atoms with Gasteiger partial charge in [0, 0.05) is 5.02 Å². The third-order valence-electron chi connectivity index (χ3n) is 3.25. The highest BCUT2D eigenvalue weighted by Gasteiger charge is 2.30. The van der Waals surface area contributed by atoms with Crippen molar-refractivity contribution in [3.8, 4) is 5.75 Å². The molecule has 2 aromatic carbocycles. The molecular formula is C16H13Cl2F2NO4S. The summed E-state index contributed by atoms with van der Waals surface area (Å²) < 4.78 is 54.4. The first-order chi connectivity index (χ1) is 12.1. The quantitative estimate of drug-likeness (QED) is 0.747.